The van der Waals surface area contributed by atoms with E-state index in [0.717, 1.165) is 12.8 Å². The zero-order chi connectivity index (χ0) is 13.2. The van der Waals surface area contributed by atoms with E-state index in [1.807, 2.05) is 6.92 Å². The Bertz CT molecular complexity index is 494. The zero-order valence-electron chi connectivity index (χ0n) is 10.5. The van der Waals surface area contributed by atoms with E-state index < -0.39 is 9.84 Å². The van der Waals surface area contributed by atoms with Crippen molar-refractivity contribution in [2.45, 2.75) is 32.1 Å². The minimum absolute atomic E-state index is 0.0203. The highest BCUT2D eigenvalue weighted by Crippen LogP contribution is 2.23. The molecule has 5 nitrogen and oxygen atoms in total. The first kappa shape index (κ1) is 13.5. The van der Waals surface area contributed by atoms with Gasteiger partial charge >= 0.3 is 0 Å². The van der Waals surface area contributed by atoms with Gasteiger partial charge < -0.3 is 9.52 Å². The summed E-state index contributed by atoms with van der Waals surface area (Å²) in [5, 5.41) is 9.02. The van der Waals surface area contributed by atoms with Crippen LogP contribution in [0.1, 0.15) is 37.3 Å². The third-order valence-electron chi connectivity index (χ3n) is 3.35. The Kier molecular flexibility index (Phi) is 4.07. The predicted octanol–water partition coefficient (Wildman–Crippen LogP) is 1.14. The molecule has 0 bridgehead atoms. The van der Waals surface area contributed by atoms with Gasteiger partial charge in [0.2, 0.25) is 0 Å². The van der Waals surface area contributed by atoms with Gasteiger partial charge in [-0.05, 0) is 18.8 Å². The molecule has 1 N–H and O–H groups in total. The molecule has 2 heterocycles. The van der Waals surface area contributed by atoms with Crippen molar-refractivity contribution < 1.29 is 17.9 Å². The summed E-state index contributed by atoms with van der Waals surface area (Å²) in [5.41, 5.74) is 0. The molecule has 1 aromatic rings. The first-order valence-corrected chi connectivity index (χ1v) is 8.08. The highest BCUT2D eigenvalue weighted by molar-refractivity contribution is 7.91. The molecule has 1 saturated heterocycles. The first-order chi connectivity index (χ1) is 8.50. The Hall–Kier alpha value is -0.880. The number of sulfone groups is 1. The van der Waals surface area contributed by atoms with Crippen LogP contribution in [0.2, 0.25) is 0 Å². The van der Waals surface area contributed by atoms with Crippen LogP contribution in [0.5, 0.6) is 0 Å². The fourth-order valence-corrected chi connectivity index (χ4v) is 4.04. The van der Waals surface area contributed by atoms with Crippen molar-refractivity contribution in [1.82, 2.24) is 4.98 Å². The van der Waals surface area contributed by atoms with E-state index in [-0.39, 0.29) is 24.2 Å². The largest absolute Gasteiger partial charge is 0.445 e. The number of oxazole rings is 1. The van der Waals surface area contributed by atoms with Crippen LogP contribution in [-0.4, -0.2) is 36.6 Å². The van der Waals surface area contributed by atoms with Crippen molar-refractivity contribution in [2.24, 2.45) is 5.92 Å². The predicted molar refractivity (Wildman–Crippen MR) is 67.1 cm³/mol. The summed E-state index contributed by atoms with van der Waals surface area (Å²) in [5.74, 6) is 1.82. The van der Waals surface area contributed by atoms with E-state index in [9.17, 15) is 8.42 Å². The lowest BCUT2D eigenvalue weighted by Crippen LogP contribution is -2.26. The van der Waals surface area contributed by atoms with Crippen molar-refractivity contribution in [3.63, 3.8) is 0 Å². The van der Waals surface area contributed by atoms with Crippen molar-refractivity contribution in [3.8, 4) is 0 Å². The van der Waals surface area contributed by atoms with Crippen LogP contribution in [0.4, 0.5) is 0 Å². The second-order valence-electron chi connectivity index (χ2n) is 5.07. The molecule has 0 saturated carbocycles. The maximum Gasteiger partial charge on any atom is 0.194 e. The Morgan fingerprint density at radius 3 is 3.06 bits per heavy atom. The van der Waals surface area contributed by atoms with E-state index in [2.05, 4.69) is 4.98 Å². The van der Waals surface area contributed by atoms with E-state index in [1.54, 1.807) is 6.20 Å². The first-order valence-electron chi connectivity index (χ1n) is 6.26. The van der Waals surface area contributed by atoms with Crippen LogP contribution in [-0.2, 0) is 16.3 Å². The molecular formula is C12H19NO4S. The van der Waals surface area contributed by atoms with Gasteiger partial charge in [-0.25, -0.2) is 13.4 Å². The summed E-state index contributed by atoms with van der Waals surface area (Å²) in [6, 6.07) is 0. The number of aliphatic hydroxyl groups is 1. The molecule has 18 heavy (non-hydrogen) atoms. The summed E-state index contributed by atoms with van der Waals surface area (Å²) in [7, 11) is -2.88. The molecule has 2 unspecified atom stereocenters. The quantitative estimate of drug-likeness (QED) is 0.889. The summed E-state index contributed by atoms with van der Waals surface area (Å²) < 4.78 is 28.6. The summed E-state index contributed by atoms with van der Waals surface area (Å²) >= 11 is 0. The molecule has 1 aliphatic heterocycles. The topological polar surface area (TPSA) is 80.4 Å². The van der Waals surface area contributed by atoms with Crippen molar-refractivity contribution in [2.75, 3.05) is 18.1 Å². The van der Waals surface area contributed by atoms with Crippen LogP contribution in [0.3, 0.4) is 0 Å². The second-order valence-corrected chi connectivity index (χ2v) is 7.30. The number of aromatic nitrogens is 1. The monoisotopic (exact) mass is 273 g/mol. The highest BCUT2D eigenvalue weighted by Gasteiger charge is 2.26. The smallest absolute Gasteiger partial charge is 0.194 e. The standard InChI is InChI=1S/C12H19NO4S/c1-9(7-14)11-6-13-12(17-11)5-10-3-2-4-18(15,16)8-10/h6,9-10,14H,2-5,7-8H2,1H3. The Morgan fingerprint density at radius 2 is 2.39 bits per heavy atom. The number of rotatable bonds is 4. The van der Waals surface area contributed by atoms with Crippen molar-refractivity contribution >= 4 is 9.84 Å². The van der Waals surface area contributed by atoms with E-state index in [0.29, 0.717) is 23.8 Å². The van der Waals surface area contributed by atoms with Crippen LogP contribution >= 0.6 is 0 Å². The average Bonchev–Trinajstić information content (AvgIpc) is 2.75. The van der Waals surface area contributed by atoms with Gasteiger partial charge in [-0.3, -0.25) is 0 Å². The Morgan fingerprint density at radius 1 is 1.61 bits per heavy atom. The molecule has 2 atom stereocenters. The van der Waals surface area contributed by atoms with Crippen LogP contribution in [0.15, 0.2) is 10.6 Å². The second kappa shape index (κ2) is 5.40. The van der Waals surface area contributed by atoms with Gasteiger partial charge in [-0.1, -0.05) is 6.92 Å². The molecule has 1 aromatic heterocycles. The number of hydrogen-bond acceptors (Lipinski definition) is 5. The van der Waals surface area contributed by atoms with Gasteiger partial charge in [0.15, 0.2) is 15.7 Å². The molecule has 1 fully saturated rings. The van der Waals surface area contributed by atoms with Crippen molar-refractivity contribution in [1.29, 1.82) is 0 Å². The van der Waals surface area contributed by atoms with Crippen LogP contribution in [0, 0.1) is 5.92 Å². The molecule has 102 valence electrons. The minimum Gasteiger partial charge on any atom is -0.445 e. The van der Waals surface area contributed by atoms with Gasteiger partial charge in [0.05, 0.1) is 24.3 Å². The molecule has 2 rings (SSSR count). The molecule has 0 amide bonds. The molecule has 0 radical (unpaired) electrons. The Labute approximate surface area is 107 Å². The molecule has 0 spiro atoms. The maximum absolute atomic E-state index is 11.5. The van der Waals surface area contributed by atoms with Gasteiger partial charge in [0.25, 0.3) is 0 Å². The van der Waals surface area contributed by atoms with E-state index in [1.165, 1.54) is 0 Å². The normalized spacial score (nSPS) is 24.9. The molecule has 0 aromatic carbocycles. The molecule has 1 aliphatic rings. The van der Waals surface area contributed by atoms with Crippen LogP contribution < -0.4 is 0 Å². The van der Waals surface area contributed by atoms with E-state index in [4.69, 9.17) is 9.52 Å². The van der Waals surface area contributed by atoms with E-state index >= 15 is 0 Å². The van der Waals surface area contributed by atoms with Crippen molar-refractivity contribution in [3.05, 3.63) is 17.8 Å². The zero-order valence-corrected chi connectivity index (χ0v) is 11.3. The minimum atomic E-state index is -2.88. The third-order valence-corrected chi connectivity index (χ3v) is 5.24. The number of aliphatic hydroxyl groups excluding tert-OH is 1. The maximum atomic E-state index is 11.5. The third kappa shape index (κ3) is 3.32. The molecular weight excluding hydrogens is 254 g/mol. The van der Waals surface area contributed by atoms with Gasteiger partial charge in [-0.15, -0.1) is 0 Å². The lowest BCUT2D eigenvalue weighted by molar-refractivity contribution is 0.254. The summed E-state index contributed by atoms with van der Waals surface area (Å²) in [4.78, 5) is 4.15. The van der Waals surface area contributed by atoms with Gasteiger partial charge in [0.1, 0.15) is 5.76 Å². The Balaban J connectivity index is 1.99. The van der Waals surface area contributed by atoms with Crippen LogP contribution in [0.25, 0.3) is 0 Å². The van der Waals surface area contributed by atoms with Gasteiger partial charge in [-0.2, -0.15) is 0 Å². The number of hydrogen-bond donors (Lipinski definition) is 1. The fraction of sp³-hybridized carbons (Fsp3) is 0.750. The fourth-order valence-electron chi connectivity index (χ4n) is 2.26. The van der Waals surface area contributed by atoms with Gasteiger partial charge in [0, 0.05) is 12.3 Å². The summed E-state index contributed by atoms with van der Waals surface area (Å²) in [6.45, 7) is 1.88. The lowest BCUT2D eigenvalue weighted by Gasteiger charge is -2.20. The lowest BCUT2D eigenvalue weighted by atomic mass is 10.0. The SMILES string of the molecule is CC(CO)c1cnc(CC2CCCS(=O)(=O)C2)o1. The average molecular weight is 273 g/mol. The summed E-state index contributed by atoms with van der Waals surface area (Å²) in [6.07, 6.45) is 3.82. The highest BCUT2D eigenvalue weighted by atomic mass is 32.2. The number of nitrogens with zero attached hydrogens (tertiary/aromatic N) is 1. The molecule has 6 heteroatoms. The molecule has 0 aliphatic carbocycles.